The molecule has 1 rings (SSSR count). The number of aromatic hydroxyl groups is 1. The number of phenolic OH excluding ortho intramolecular Hbond substituents is 1. The molecule has 0 saturated heterocycles. The van der Waals surface area contributed by atoms with E-state index in [0.29, 0.717) is 11.8 Å². The number of aldehydes is 1. The number of hydrogen-bond donors (Lipinski definition) is 1. The fraction of sp³-hybridized carbons (Fsp3) is 0.364. The van der Waals surface area contributed by atoms with Crippen LogP contribution in [0.2, 0.25) is 0 Å². The van der Waals surface area contributed by atoms with Crippen molar-refractivity contribution >= 4 is 28.9 Å². The van der Waals surface area contributed by atoms with Crippen LogP contribution >= 0.6 is 22.6 Å². The summed E-state index contributed by atoms with van der Waals surface area (Å²) in [5.41, 5.74) is 1.24. The maximum absolute atomic E-state index is 10.7. The summed E-state index contributed by atoms with van der Waals surface area (Å²) >= 11 is 2.15. The van der Waals surface area contributed by atoms with Crippen LogP contribution < -0.4 is 0 Å². The molecule has 3 heteroatoms. The largest absolute Gasteiger partial charge is 0.507 e. The Bertz CT molecular complexity index is 347. The molecule has 0 radical (unpaired) electrons. The van der Waals surface area contributed by atoms with Gasteiger partial charge in [-0.05, 0) is 52.6 Å². The van der Waals surface area contributed by atoms with Crippen molar-refractivity contribution in [3.8, 4) is 5.75 Å². The first-order chi connectivity index (χ1) is 6.60. The van der Waals surface area contributed by atoms with E-state index in [1.54, 1.807) is 6.07 Å². The van der Waals surface area contributed by atoms with Crippen molar-refractivity contribution in [3.63, 3.8) is 0 Å². The van der Waals surface area contributed by atoms with E-state index in [-0.39, 0.29) is 11.7 Å². The van der Waals surface area contributed by atoms with Gasteiger partial charge in [0.1, 0.15) is 5.75 Å². The maximum Gasteiger partial charge on any atom is 0.153 e. The van der Waals surface area contributed by atoms with Gasteiger partial charge in [-0.15, -0.1) is 0 Å². The molecule has 0 bridgehead atoms. The molecule has 0 aliphatic carbocycles. The second kappa shape index (κ2) is 4.77. The van der Waals surface area contributed by atoms with Crippen LogP contribution in [0.4, 0.5) is 0 Å². The number of benzene rings is 1. The molecule has 0 spiro atoms. The third-order valence-electron chi connectivity index (χ3n) is 2.40. The number of carbonyl (C=O) groups is 1. The van der Waals surface area contributed by atoms with Crippen molar-refractivity contribution in [2.45, 2.75) is 26.2 Å². The van der Waals surface area contributed by atoms with Crippen molar-refractivity contribution in [2.75, 3.05) is 0 Å². The Hall–Kier alpha value is -0.580. The van der Waals surface area contributed by atoms with Crippen molar-refractivity contribution in [1.82, 2.24) is 0 Å². The van der Waals surface area contributed by atoms with Gasteiger partial charge in [0.05, 0.1) is 5.56 Å². The normalized spacial score (nSPS) is 12.5. The van der Waals surface area contributed by atoms with E-state index < -0.39 is 0 Å². The second-order valence-electron chi connectivity index (χ2n) is 3.36. The molecule has 0 aromatic heterocycles. The van der Waals surface area contributed by atoms with Gasteiger partial charge in [0, 0.05) is 3.57 Å². The molecule has 0 heterocycles. The summed E-state index contributed by atoms with van der Waals surface area (Å²) in [6, 6.07) is 3.62. The maximum atomic E-state index is 10.7. The van der Waals surface area contributed by atoms with Gasteiger partial charge in [0.2, 0.25) is 0 Å². The van der Waals surface area contributed by atoms with Crippen LogP contribution in [0.15, 0.2) is 12.1 Å². The summed E-state index contributed by atoms with van der Waals surface area (Å²) in [6.45, 7) is 4.10. The highest BCUT2D eigenvalue weighted by Crippen LogP contribution is 2.31. The smallest absolute Gasteiger partial charge is 0.153 e. The first-order valence-corrected chi connectivity index (χ1v) is 5.65. The summed E-state index contributed by atoms with van der Waals surface area (Å²) < 4.78 is 0.984. The van der Waals surface area contributed by atoms with Gasteiger partial charge in [0.25, 0.3) is 0 Å². The highest BCUT2D eigenvalue weighted by Gasteiger charge is 2.13. The Morgan fingerprint density at radius 3 is 2.71 bits per heavy atom. The zero-order valence-corrected chi connectivity index (χ0v) is 10.4. The van der Waals surface area contributed by atoms with Crippen molar-refractivity contribution < 1.29 is 9.90 Å². The number of halogens is 1. The van der Waals surface area contributed by atoms with E-state index in [0.717, 1.165) is 15.6 Å². The first-order valence-electron chi connectivity index (χ1n) is 4.57. The number of rotatable bonds is 3. The van der Waals surface area contributed by atoms with Gasteiger partial charge < -0.3 is 5.11 Å². The van der Waals surface area contributed by atoms with E-state index in [1.807, 2.05) is 13.0 Å². The average molecular weight is 304 g/mol. The molecule has 0 aliphatic rings. The number of carbonyl (C=O) groups excluding carboxylic acids is 1. The molecule has 0 saturated carbocycles. The third-order valence-corrected chi connectivity index (χ3v) is 3.03. The van der Waals surface area contributed by atoms with E-state index in [1.165, 1.54) is 0 Å². The van der Waals surface area contributed by atoms with Gasteiger partial charge in [-0.2, -0.15) is 0 Å². The van der Waals surface area contributed by atoms with Gasteiger partial charge in [-0.25, -0.2) is 0 Å². The SMILES string of the molecule is CCC(C)c1cc(I)cc(C=O)c1O. The summed E-state index contributed by atoms with van der Waals surface area (Å²) in [5.74, 6) is 0.415. The standard InChI is InChI=1S/C11H13IO2/c1-3-7(2)10-5-9(12)4-8(6-13)11(10)14/h4-7,14H,3H2,1-2H3. The average Bonchev–Trinajstić information content (AvgIpc) is 2.19. The third kappa shape index (κ3) is 2.26. The highest BCUT2D eigenvalue weighted by atomic mass is 127. The Labute approximate surface area is 97.5 Å². The van der Waals surface area contributed by atoms with Gasteiger partial charge in [0.15, 0.2) is 6.29 Å². The lowest BCUT2D eigenvalue weighted by Crippen LogP contribution is -1.96. The quantitative estimate of drug-likeness (QED) is 0.687. The van der Waals surface area contributed by atoms with Gasteiger partial charge in [-0.1, -0.05) is 13.8 Å². The number of hydrogen-bond acceptors (Lipinski definition) is 2. The van der Waals surface area contributed by atoms with Crippen LogP contribution in [-0.2, 0) is 0 Å². The molecule has 1 N–H and O–H groups in total. The van der Waals surface area contributed by atoms with E-state index in [9.17, 15) is 9.90 Å². The second-order valence-corrected chi connectivity index (χ2v) is 4.61. The van der Waals surface area contributed by atoms with Crippen LogP contribution in [0.3, 0.4) is 0 Å². The Kier molecular flexibility index (Phi) is 3.92. The summed E-state index contributed by atoms with van der Waals surface area (Å²) in [5, 5.41) is 9.78. The van der Waals surface area contributed by atoms with Crippen LogP contribution in [0, 0.1) is 3.57 Å². The molecule has 76 valence electrons. The highest BCUT2D eigenvalue weighted by molar-refractivity contribution is 14.1. The van der Waals surface area contributed by atoms with Gasteiger partial charge >= 0.3 is 0 Å². The summed E-state index contributed by atoms with van der Waals surface area (Å²) in [4.78, 5) is 10.7. The molecule has 1 aromatic carbocycles. The molecular formula is C11H13IO2. The fourth-order valence-electron chi connectivity index (χ4n) is 1.33. The molecule has 0 amide bonds. The lowest BCUT2D eigenvalue weighted by atomic mass is 9.96. The van der Waals surface area contributed by atoms with Crippen molar-refractivity contribution in [1.29, 1.82) is 0 Å². The van der Waals surface area contributed by atoms with Crippen LogP contribution in [0.5, 0.6) is 5.75 Å². The predicted molar refractivity (Wildman–Crippen MR) is 64.9 cm³/mol. The molecule has 1 atom stereocenters. The lowest BCUT2D eigenvalue weighted by Gasteiger charge is -2.13. The Morgan fingerprint density at radius 2 is 2.21 bits per heavy atom. The molecule has 1 aromatic rings. The molecule has 1 unspecified atom stereocenters. The fourth-order valence-corrected chi connectivity index (χ4v) is 2.00. The van der Waals surface area contributed by atoms with Gasteiger partial charge in [-0.3, -0.25) is 4.79 Å². The minimum atomic E-state index is 0.134. The molecule has 0 aliphatic heterocycles. The topological polar surface area (TPSA) is 37.3 Å². The van der Waals surface area contributed by atoms with Crippen molar-refractivity contribution in [2.24, 2.45) is 0 Å². The Morgan fingerprint density at radius 1 is 1.57 bits per heavy atom. The first kappa shape index (κ1) is 11.5. The predicted octanol–water partition coefficient (Wildman–Crippen LogP) is 3.32. The van der Waals surface area contributed by atoms with Crippen LogP contribution in [-0.4, -0.2) is 11.4 Å². The molecule has 14 heavy (non-hydrogen) atoms. The molecular weight excluding hydrogens is 291 g/mol. The number of phenols is 1. The zero-order chi connectivity index (χ0) is 10.7. The lowest BCUT2D eigenvalue weighted by molar-refractivity contribution is 0.112. The van der Waals surface area contributed by atoms with Crippen LogP contribution in [0.25, 0.3) is 0 Å². The molecule has 2 nitrogen and oxygen atoms in total. The molecule has 0 fully saturated rings. The van der Waals surface area contributed by atoms with Crippen LogP contribution in [0.1, 0.15) is 42.1 Å². The minimum Gasteiger partial charge on any atom is -0.507 e. The summed E-state index contributed by atoms with van der Waals surface area (Å²) in [6.07, 6.45) is 1.65. The summed E-state index contributed by atoms with van der Waals surface area (Å²) in [7, 11) is 0. The van der Waals surface area contributed by atoms with E-state index >= 15 is 0 Å². The van der Waals surface area contributed by atoms with E-state index in [4.69, 9.17) is 0 Å². The van der Waals surface area contributed by atoms with Crippen molar-refractivity contribution in [3.05, 3.63) is 26.8 Å². The van der Waals surface area contributed by atoms with E-state index in [2.05, 4.69) is 29.5 Å². The zero-order valence-electron chi connectivity index (χ0n) is 8.25. The monoisotopic (exact) mass is 304 g/mol. The minimum absolute atomic E-state index is 0.134. The Balaban J connectivity index is 3.28.